The van der Waals surface area contributed by atoms with Gasteiger partial charge in [-0.15, -0.1) is 0 Å². The number of hydrogen-bond donors (Lipinski definition) is 0. The van der Waals surface area contributed by atoms with Gasteiger partial charge in [0.25, 0.3) is 0 Å². The number of hydrogen-bond acceptors (Lipinski definition) is 5. The fourth-order valence-corrected chi connectivity index (χ4v) is 3.66. The van der Waals surface area contributed by atoms with Gasteiger partial charge in [-0.2, -0.15) is 13.2 Å². The molecule has 0 N–H and O–H groups in total. The van der Waals surface area contributed by atoms with Crippen LogP contribution >= 0.6 is 0 Å². The number of aromatic nitrogens is 1. The monoisotopic (exact) mass is 435 g/mol. The van der Waals surface area contributed by atoms with Crippen LogP contribution in [0.3, 0.4) is 0 Å². The summed E-state index contributed by atoms with van der Waals surface area (Å²) in [4.78, 5) is 32.1. The van der Waals surface area contributed by atoms with Crippen molar-refractivity contribution in [1.29, 1.82) is 0 Å². The highest BCUT2D eigenvalue weighted by molar-refractivity contribution is 6.00. The van der Waals surface area contributed by atoms with Crippen LogP contribution < -0.4 is 14.4 Å². The number of pyridine rings is 1. The van der Waals surface area contributed by atoms with E-state index in [9.17, 15) is 22.8 Å². The molecule has 2 saturated heterocycles. The number of carbonyl (C=O) groups excluding carboxylic acids is 2. The maximum Gasteiger partial charge on any atom is 0.416 e. The van der Waals surface area contributed by atoms with Gasteiger partial charge in [0.15, 0.2) is 0 Å². The number of nitrogens with zero attached hydrogens (tertiary/aromatic N) is 3. The van der Waals surface area contributed by atoms with Crippen LogP contribution in [0.5, 0.6) is 11.6 Å². The number of anilines is 1. The molecule has 3 heterocycles. The maximum absolute atomic E-state index is 12.8. The Morgan fingerprint density at radius 3 is 2.48 bits per heavy atom. The summed E-state index contributed by atoms with van der Waals surface area (Å²) in [5.41, 5.74) is -0.144. The second-order valence-electron chi connectivity index (χ2n) is 7.47. The third-order valence-electron chi connectivity index (χ3n) is 5.37. The summed E-state index contributed by atoms with van der Waals surface area (Å²) in [5, 5.41) is 0. The van der Waals surface area contributed by atoms with Gasteiger partial charge in [-0.3, -0.25) is 9.59 Å². The van der Waals surface area contributed by atoms with Crippen molar-refractivity contribution in [1.82, 2.24) is 9.88 Å². The zero-order valence-corrected chi connectivity index (χ0v) is 16.6. The summed E-state index contributed by atoms with van der Waals surface area (Å²) in [6.07, 6.45) is -3.76. The second-order valence-corrected chi connectivity index (χ2v) is 7.47. The van der Waals surface area contributed by atoms with Crippen molar-refractivity contribution in [2.75, 3.05) is 31.6 Å². The highest BCUT2D eigenvalue weighted by Gasteiger charge is 2.41. The summed E-state index contributed by atoms with van der Waals surface area (Å²) in [5.74, 6) is -0.230. The first kappa shape index (κ1) is 21.0. The van der Waals surface area contributed by atoms with Crippen molar-refractivity contribution >= 4 is 17.5 Å². The van der Waals surface area contributed by atoms with Crippen molar-refractivity contribution in [3.8, 4) is 11.6 Å². The third-order valence-corrected chi connectivity index (χ3v) is 5.37. The Morgan fingerprint density at radius 1 is 1.13 bits per heavy atom. The van der Waals surface area contributed by atoms with E-state index in [1.165, 1.54) is 0 Å². The lowest BCUT2D eigenvalue weighted by Crippen LogP contribution is -2.57. The molecule has 0 bridgehead atoms. The minimum Gasteiger partial charge on any atom is -0.497 e. The lowest BCUT2D eigenvalue weighted by atomic mass is 10.0. The summed E-state index contributed by atoms with van der Waals surface area (Å²) in [7, 11) is 1.55. The molecule has 0 aliphatic carbocycles. The standard InChI is InChI=1S/C21H20F3N3O4/c1-30-16-4-2-15(3-5-16)27-10-13(8-19(27)28)20(29)26-11-17(12-26)31-18-9-14(6-7-25-18)21(22,23)24/h2-7,9,13,17H,8,10-12H2,1H3. The smallest absolute Gasteiger partial charge is 0.416 e. The molecule has 31 heavy (non-hydrogen) atoms. The van der Waals surface area contributed by atoms with Crippen LogP contribution in [0.2, 0.25) is 0 Å². The van der Waals surface area contributed by atoms with Gasteiger partial charge in [-0.25, -0.2) is 4.98 Å². The predicted octanol–water partition coefficient (Wildman–Crippen LogP) is 2.75. The van der Waals surface area contributed by atoms with Crippen LogP contribution in [0.25, 0.3) is 0 Å². The van der Waals surface area contributed by atoms with Crippen molar-refractivity contribution in [2.45, 2.75) is 18.7 Å². The second kappa shape index (κ2) is 8.09. The Morgan fingerprint density at radius 2 is 1.84 bits per heavy atom. The fourth-order valence-electron chi connectivity index (χ4n) is 3.66. The third kappa shape index (κ3) is 4.42. The molecule has 2 amide bonds. The molecule has 7 nitrogen and oxygen atoms in total. The number of likely N-dealkylation sites (tertiary alicyclic amines) is 1. The lowest BCUT2D eigenvalue weighted by Gasteiger charge is -2.39. The van der Waals surface area contributed by atoms with Gasteiger partial charge in [0.05, 0.1) is 31.7 Å². The summed E-state index contributed by atoms with van der Waals surface area (Å²) < 4.78 is 49.0. The van der Waals surface area contributed by atoms with Crippen LogP contribution in [-0.4, -0.2) is 54.5 Å². The number of ether oxygens (including phenoxy) is 2. The van der Waals surface area contributed by atoms with E-state index in [0.29, 0.717) is 11.4 Å². The van der Waals surface area contributed by atoms with Gasteiger partial charge < -0.3 is 19.3 Å². The first-order valence-electron chi connectivity index (χ1n) is 9.67. The van der Waals surface area contributed by atoms with Crippen LogP contribution in [0, 0.1) is 5.92 Å². The average Bonchev–Trinajstić information content (AvgIpc) is 3.11. The molecule has 1 atom stereocenters. The molecule has 10 heteroatoms. The van der Waals surface area contributed by atoms with Gasteiger partial charge in [0.2, 0.25) is 17.7 Å². The number of benzene rings is 1. The van der Waals surface area contributed by atoms with E-state index < -0.39 is 23.8 Å². The minimum atomic E-state index is -4.48. The summed E-state index contributed by atoms with van der Waals surface area (Å²) in [6.45, 7) is 0.759. The van der Waals surface area contributed by atoms with E-state index in [0.717, 1.165) is 18.3 Å². The van der Waals surface area contributed by atoms with Gasteiger partial charge in [0.1, 0.15) is 11.9 Å². The number of alkyl halides is 3. The normalized spacial score (nSPS) is 19.4. The molecule has 4 rings (SSSR count). The number of methoxy groups -OCH3 is 1. The van der Waals surface area contributed by atoms with Crippen molar-refractivity contribution in [2.24, 2.45) is 5.92 Å². The van der Waals surface area contributed by atoms with Gasteiger partial charge in [-0.1, -0.05) is 0 Å². The molecular formula is C21H20F3N3O4. The number of amides is 2. The predicted molar refractivity (Wildman–Crippen MR) is 104 cm³/mol. The largest absolute Gasteiger partial charge is 0.497 e. The molecule has 1 aromatic heterocycles. The molecule has 164 valence electrons. The van der Waals surface area contributed by atoms with E-state index >= 15 is 0 Å². The van der Waals surface area contributed by atoms with E-state index in [-0.39, 0.29) is 43.7 Å². The zero-order valence-electron chi connectivity index (χ0n) is 16.6. The number of carbonyl (C=O) groups is 2. The molecule has 2 fully saturated rings. The summed E-state index contributed by atoms with van der Waals surface area (Å²) >= 11 is 0. The highest BCUT2D eigenvalue weighted by Crippen LogP contribution is 2.32. The minimum absolute atomic E-state index is 0.113. The van der Waals surface area contributed by atoms with Crippen LogP contribution in [-0.2, 0) is 15.8 Å². The molecule has 2 aliphatic rings. The Balaban J connectivity index is 1.31. The molecule has 1 unspecified atom stereocenters. The van der Waals surface area contributed by atoms with Crippen molar-refractivity contribution < 1.29 is 32.2 Å². The van der Waals surface area contributed by atoms with Crippen LogP contribution in [0.15, 0.2) is 42.6 Å². The van der Waals surface area contributed by atoms with Crippen LogP contribution in [0.4, 0.5) is 18.9 Å². The van der Waals surface area contributed by atoms with E-state index in [2.05, 4.69) is 4.98 Å². The number of halogens is 3. The van der Waals surface area contributed by atoms with Crippen molar-refractivity contribution in [3.63, 3.8) is 0 Å². The average molecular weight is 435 g/mol. The Kier molecular flexibility index (Phi) is 5.47. The van der Waals surface area contributed by atoms with Gasteiger partial charge in [-0.05, 0) is 30.3 Å². The topological polar surface area (TPSA) is 72.0 Å². The van der Waals surface area contributed by atoms with E-state index in [1.54, 1.807) is 41.2 Å². The van der Waals surface area contributed by atoms with E-state index in [4.69, 9.17) is 9.47 Å². The quantitative estimate of drug-likeness (QED) is 0.722. The fraction of sp³-hybridized carbons (Fsp3) is 0.381. The first-order valence-corrected chi connectivity index (χ1v) is 9.67. The molecule has 0 radical (unpaired) electrons. The molecule has 1 aromatic carbocycles. The van der Waals surface area contributed by atoms with Gasteiger partial charge in [0, 0.05) is 30.9 Å². The Bertz CT molecular complexity index is 975. The van der Waals surface area contributed by atoms with Crippen LogP contribution in [0.1, 0.15) is 12.0 Å². The molecule has 0 spiro atoms. The first-order chi connectivity index (χ1) is 14.7. The molecular weight excluding hydrogens is 415 g/mol. The maximum atomic E-state index is 12.8. The summed E-state index contributed by atoms with van der Waals surface area (Å²) in [6, 6.07) is 8.73. The Labute approximate surface area is 176 Å². The molecule has 2 aliphatic heterocycles. The highest BCUT2D eigenvalue weighted by atomic mass is 19.4. The van der Waals surface area contributed by atoms with Gasteiger partial charge >= 0.3 is 6.18 Å². The zero-order chi connectivity index (χ0) is 22.2. The van der Waals surface area contributed by atoms with Crippen molar-refractivity contribution in [3.05, 3.63) is 48.2 Å². The number of rotatable bonds is 5. The molecule has 2 aromatic rings. The lowest BCUT2D eigenvalue weighted by molar-refractivity contribution is -0.144. The SMILES string of the molecule is COc1ccc(N2CC(C(=O)N3CC(Oc4cc(C(F)(F)F)ccn4)C3)CC2=O)cc1. The Hall–Kier alpha value is -3.30. The van der Waals surface area contributed by atoms with E-state index in [1.807, 2.05) is 0 Å². The molecule has 0 saturated carbocycles.